The molecule has 2 heterocycles. The van der Waals surface area contributed by atoms with Crippen LogP contribution in [0.5, 0.6) is 11.5 Å². The number of nitrogens with one attached hydrogen (secondary N) is 4. The van der Waals surface area contributed by atoms with Gasteiger partial charge in [0.25, 0.3) is 0 Å². The number of ketones is 1. The third-order valence-electron chi connectivity index (χ3n) is 6.22. The van der Waals surface area contributed by atoms with E-state index >= 15 is 8.78 Å². The van der Waals surface area contributed by atoms with Crippen LogP contribution in [-0.2, 0) is 12.4 Å². The van der Waals surface area contributed by atoms with E-state index in [-0.39, 0.29) is 34.8 Å². The second-order valence-electron chi connectivity index (χ2n) is 9.05. The minimum Gasteiger partial charge on any atom is -0.495 e. The lowest BCUT2D eigenvalue weighted by atomic mass is 10.0. The summed E-state index contributed by atoms with van der Waals surface area (Å²) in [5.41, 5.74) is -3.95. The first-order chi connectivity index (χ1) is 21.6. The summed E-state index contributed by atoms with van der Waals surface area (Å²) in [5, 5.41) is 9.62. The van der Waals surface area contributed by atoms with E-state index in [1.165, 1.54) is 14.1 Å². The van der Waals surface area contributed by atoms with Gasteiger partial charge in [-0.25, -0.2) is 18.7 Å². The van der Waals surface area contributed by atoms with Gasteiger partial charge in [0.1, 0.15) is 45.9 Å². The van der Waals surface area contributed by atoms with Crippen molar-refractivity contribution in [3.05, 3.63) is 70.5 Å². The average molecular weight is 659 g/mol. The van der Waals surface area contributed by atoms with E-state index in [1.807, 2.05) is 0 Å². The van der Waals surface area contributed by atoms with E-state index in [1.54, 1.807) is 0 Å². The molecule has 46 heavy (non-hydrogen) atoms. The van der Waals surface area contributed by atoms with Gasteiger partial charge in [0.05, 0.1) is 36.7 Å². The van der Waals surface area contributed by atoms with Gasteiger partial charge in [-0.1, -0.05) is 0 Å². The zero-order chi connectivity index (χ0) is 34.0. The van der Waals surface area contributed by atoms with Gasteiger partial charge < -0.3 is 30.7 Å². The topological polar surface area (TPSA) is 135 Å². The fourth-order valence-electron chi connectivity index (χ4n) is 4.05. The molecule has 0 aliphatic rings. The lowest BCUT2D eigenvalue weighted by molar-refractivity contribution is -0.138. The number of hydrogen-bond donors (Lipinski definition) is 4. The van der Waals surface area contributed by atoms with E-state index in [0.29, 0.717) is 12.4 Å². The number of carbonyl (C=O) groups excluding carboxylic acids is 1. The Morgan fingerprint density at radius 1 is 0.674 bits per heavy atom. The molecular weight excluding hydrogens is 636 g/mol. The van der Waals surface area contributed by atoms with Crippen LogP contribution in [0, 0.1) is 11.6 Å². The Morgan fingerprint density at radius 2 is 1.04 bits per heavy atom. The maximum absolute atomic E-state index is 15.3. The Bertz CT molecular complexity index is 1660. The van der Waals surface area contributed by atoms with Gasteiger partial charge >= 0.3 is 12.4 Å². The molecule has 0 fully saturated rings. The number of halogens is 8. The minimum absolute atomic E-state index is 0.173. The van der Waals surface area contributed by atoms with Crippen LogP contribution in [0.1, 0.15) is 27.0 Å². The fraction of sp³-hybridized carbons (Fsp3) is 0.222. The molecule has 0 aliphatic heterocycles. The molecule has 0 spiro atoms. The van der Waals surface area contributed by atoms with E-state index in [4.69, 9.17) is 9.47 Å². The SMILES string of the molecule is CNc1nc(Nc2cc(F)c(C(=O)c3cc(OC)c(Nc4ncc(C(F)(F)F)c(NC)n4)cc3F)cc2OC)ncc1C(F)(F)F. The number of methoxy groups -OCH3 is 2. The van der Waals surface area contributed by atoms with Gasteiger partial charge in [-0.15, -0.1) is 0 Å². The Kier molecular flexibility index (Phi) is 9.34. The molecule has 0 radical (unpaired) electrons. The quantitative estimate of drug-likeness (QED) is 0.111. The molecule has 4 rings (SSSR count). The minimum atomic E-state index is -4.75. The number of nitrogens with zero attached hydrogens (tertiary/aromatic N) is 4. The maximum Gasteiger partial charge on any atom is 0.421 e. The molecule has 0 saturated heterocycles. The van der Waals surface area contributed by atoms with Gasteiger partial charge in [-0.2, -0.15) is 36.3 Å². The predicted molar refractivity (Wildman–Crippen MR) is 149 cm³/mol. The standard InChI is InChI=1S/C27H22F8N8O3/c1-36-22-13(26(30,31)32)9-38-24(42-22)40-17-7-15(28)11(5-19(17)45-3)21(44)12-6-20(46-4)18(8-16(12)29)41-25-39-10-14(27(33,34)35)23(37-2)43-25/h5-10H,1-4H3,(H2,36,38,40,42)(H2,37,39,41,43). The summed E-state index contributed by atoms with van der Waals surface area (Å²) >= 11 is 0. The Balaban J connectivity index is 1.65. The van der Waals surface area contributed by atoms with Crippen LogP contribution in [-0.4, -0.2) is 54.0 Å². The summed E-state index contributed by atoms with van der Waals surface area (Å²) < 4.78 is 120. The van der Waals surface area contributed by atoms with Crippen molar-refractivity contribution in [2.24, 2.45) is 0 Å². The van der Waals surface area contributed by atoms with Crippen LogP contribution in [0.3, 0.4) is 0 Å². The second kappa shape index (κ2) is 12.9. The molecule has 2 aromatic carbocycles. The molecule has 0 bridgehead atoms. The molecule has 19 heteroatoms. The third kappa shape index (κ3) is 6.92. The number of rotatable bonds is 10. The van der Waals surface area contributed by atoms with E-state index in [2.05, 4.69) is 41.2 Å². The lowest BCUT2D eigenvalue weighted by Gasteiger charge is -2.16. The maximum atomic E-state index is 15.3. The van der Waals surface area contributed by atoms with E-state index < -0.39 is 63.7 Å². The Morgan fingerprint density at radius 3 is 1.35 bits per heavy atom. The Hall–Kier alpha value is -5.49. The highest BCUT2D eigenvalue weighted by molar-refractivity contribution is 6.10. The zero-order valence-electron chi connectivity index (χ0n) is 24.0. The Labute approximate surface area is 254 Å². The number of ether oxygens (including phenoxy) is 2. The molecule has 2 aromatic heterocycles. The highest BCUT2D eigenvalue weighted by Gasteiger charge is 2.36. The van der Waals surface area contributed by atoms with E-state index in [0.717, 1.165) is 38.5 Å². The molecule has 0 atom stereocenters. The monoisotopic (exact) mass is 658 g/mol. The largest absolute Gasteiger partial charge is 0.495 e. The smallest absolute Gasteiger partial charge is 0.421 e. The normalized spacial score (nSPS) is 11.6. The number of carbonyl (C=O) groups is 1. The third-order valence-corrected chi connectivity index (χ3v) is 6.22. The summed E-state index contributed by atoms with van der Waals surface area (Å²) in [4.78, 5) is 27.9. The summed E-state index contributed by atoms with van der Waals surface area (Å²) in [6, 6.07) is 3.41. The molecule has 4 aromatic rings. The summed E-state index contributed by atoms with van der Waals surface area (Å²) in [6.45, 7) is 0. The van der Waals surface area contributed by atoms with Crippen LogP contribution in [0.2, 0.25) is 0 Å². The predicted octanol–water partition coefficient (Wildman–Crippen LogP) is 6.40. The molecule has 0 aliphatic carbocycles. The fourth-order valence-corrected chi connectivity index (χ4v) is 4.05. The number of alkyl halides is 6. The van der Waals surface area contributed by atoms with Crippen molar-refractivity contribution in [3.63, 3.8) is 0 Å². The highest BCUT2D eigenvalue weighted by atomic mass is 19.4. The van der Waals surface area contributed by atoms with E-state index in [9.17, 15) is 31.1 Å². The lowest BCUT2D eigenvalue weighted by Crippen LogP contribution is -2.13. The molecule has 4 N–H and O–H groups in total. The molecule has 0 amide bonds. The van der Waals surface area contributed by atoms with Crippen LogP contribution >= 0.6 is 0 Å². The van der Waals surface area contributed by atoms with Crippen LogP contribution < -0.4 is 30.7 Å². The van der Waals surface area contributed by atoms with Crippen molar-refractivity contribution in [1.29, 1.82) is 0 Å². The molecule has 11 nitrogen and oxygen atoms in total. The first-order valence-corrected chi connectivity index (χ1v) is 12.7. The molecule has 244 valence electrons. The second-order valence-corrected chi connectivity index (χ2v) is 9.05. The number of hydrogen-bond acceptors (Lipinski definition) is 11. The van der Waals surface area contributed by atoms with Crippen LogP contribution in [0.15, 0.2) is 36.7 Å². The molecule has 0 unspecified atom stereocenters. The van der Waals surface area contributed by atoms with Gasteiger partial charge in [-0.3, -0.25) is 4.79 Å². The highest BCUT2D eigenvalue weighted by Crippen LogP contribution is 2.38. The average Bonchev–Trinajstić information content (AvgIpc) is 2.99. The van der Waals surface area contributed by atoms with Crippen molar-refractivity contribution >= 4 is 40.7 Å². The summed E-state index contributed by atoms with van der Waals surface area (Å²) in [7, 11) is 4.74. The van der Waals surface area contributed by atoms with Gasteiger partial charge in [0, 0.05) is 38.6 Å². The first-order valence-electron chi connectivity index (χ1n) is 12.7. The number of anilines is 6. The summed E-state index contributed by atoms with van der Waals surface area (Å²) in [5.74, 6) is -5.72. The van der Waals surface area contributed by atoms with Crippen molar-refractivity contribution in [2.75, 3.05) is 49.6 Å². The first kappa shape index (κ1) is 33.4. The van der Waals surface area contributed by atoms with Gasteiger partial charge in [0.2, 0.25) is 11.9 Å². The van der Waals surface area contributed by atoms with Crippen molar-refractivity contribution < 1.29 is 49.4 Å². The van der Waals surface area contributed by atoms with Crippen molar-refractivity contribution in [1.82, 2.24) is 19.9 Å². The molecule has 0 saturated carbocycles. The van der Waals surface area contributed by atoms with Gasteiger partial charge in [0.15, 0.2) is 5.78 Å². The molecular formula is C27H22F8N8O3. The summed E-state index contributed by atoms with van der Waals surface area (Å²) in [6.07, 6.45) is -8.47. The van der Waals surface area contributed by atoms with Crippen molar-refractivity contribution in [3.8, 4) is 11.5 Å². The number of aromatic nitrogens is 4. The van der Waals surface area contributed by atoms with Gasteiger partial charge in [-0.05, 0) is 12.1 Å². The zero-order valence-corrected chi connectivity index (χ0v) is 24.0. The van der Waals surface area contributed by atoms with Crippen LogP contribution in [0.4, 0.5) is 70.0 Å². The number of benzene rings is 2. The van der Waals surface area contributed by atoms with Crippen molar-refractivity contribution in [2.45, 2.75) is 12.4 Å². The van der Waals surface area contributed by atoms with Crippen LogP contribution in [0.25, 0.3) is 0 Å².